The second-order valence-corrected chi connectivity index (χ2v) is 5.05. The highest BCUT2D eigenvalue weighted by molar-refractivity contribution is 5.16. The van der Waals surface area contributed by atoms with Gasteiger partial charge in [0.25, 0.3) is 0 Å². The molecule has 106 valence electrons. The molecule has 0 atom stereocenters. The Balaban J connectivity index is 2.06. The van der Waals surface area contributed by atoms with Gasteiger partial charge in [0.2, 0.25) is 0 Å². The van der Waals surface area contributed by atoms with E-state index in [0.29, 0.717) is 6.61 Å². The minimum absolute atomic E-state index is 0.243. The van der Waals surface area contributed by atoms with E-state index in [4.69, 9.17) is 9.47 Å². The molecular weight excluding hydrogens is 242 g/mol. The number of ether oxygens (including phenoxy) is 2. The molecular formula is C14H23N3O2. The number of nitrogens with zero attached hydrogens (tertiary/aromatic N) is 2. The van der Waals surface area contributed by atoms with E-state index in [0.717, 1.165) is 43.1 Å². The maximum Gasteiger partial charge on any atom is 0.160 e. The Kier molecular flexibility index (Phi) is 4.85. The van der Waals surface area contributed by atoms with Gasteiger partial charge < -0.3 is 14.8 Å². The molecule has 0 saturated heterocycles. The fourth-order valence-corrected chi connectivity index (χ4v) is 2.34. The Morgan fingerprint density at radius 3 is 2.68 bits per heavy atom. The first-order chi connectivity index (χ1) is 9.20. The van der Waals surface area contributed by atoms with Crippen molar-refractivity contribution in [3.63, 3.8) is 0 Å². The molecule has 5 nitrogen and oxygen atoms in total. The molecule has 5 heteroatoms. The molecule has 1 saturated carbocycles. The van der Waals surface area contributed by atoms with Crippen molar-refractivity contribution in [3.05, 3.63) is 23.3 Å². The standard InChI is InChI=1S/C14H23N3O2/c1-11-9-12(10-15-7-8-18-2)17-13(16-11)14(19-3)5-4-6-14/h9,15H,4-8,10H2,1-3H3. The summed E-state index contributed by atoms with van der Waals surface area (Å²) in [7, 11) is 3.45. The van der Waals surface area contributed by atoms with E-state index in [-0.39, 0.29) is 5.60 Å². The molecule has 1 aliphatic carbocycles. The van der Waals surface area contributed by atoms with Crippen LogP contribution >= 0.6 is 0 Å². The van der Waals surface area contributed by atoms with E-state index in [9.17, 15) is 0 Å². The zero-order chi connectivity index (χ0) is 13.7. The predicted molar refractivity (Wildman–Crippen MR) is 72.9 cm³/mol. The van der Waals surface area contributed by atoms with Crippen molar-refractivity contribution in [1.82, 2.24) is 15.3 Å². The largest absolute Gasteiger partial charge is 0.383 e. The Morgan fingerprint density at radius 2 is 2.11 bits per heavy atom. The molecule has 0 unspecified atom stereocenters. The van der Waals surface area contributed by atoms with Gasteiger partial charge in [0.05, 0.1) is 12.3 Å². The third-order valence-electron chi connectivity index (χ3n) is 3.66. The average Bonchev–Trinajstić information content (AvgIpc) is 2.34. The van der Waals surface area contributed by atoms with Gasteiger partial charge in [0, 0.05) is 33.0 Å². The van der Waals surface area contributed by atoms with Crippen LogP contribution in [0.2, 0.25) is 0 Å². The molecule has 0 aromatic carbocycles. The summed E-state index contributed by atoms with van der Waals surface area (Å²) >= 11 is 0. The van der Waals surface area contributed by atoms with Crippen molar-refractivity contribution in [2.24, 2.45) is 0 Å². The highest BCUT2D eigenvalue weighted by Crippen LogP contribution is 2.42. The Bertz CT molecular complexity index is 414. The first-order valence-corrected chi connectivity index (χ1v) is 6.80. The minimum atomic E-state index is -0.243. The molecule has 2 rings (SSSR count). The zero-order valence-corrected chi connectivity index (χ0v) is 12.0. The number of hydrogen-bond donors (Lipinski definition) is 1. The highest BCUT2D eigenvalue weighted by Gasteiger charge is 2.41. The van der Waals surface area contributed by atoms with Crippen LogP contribution in [-0.4, -0.2) is 37.3 Å². The van der Waals surface area contributed by atoms with Crippen LogP contribution in [0.25, 0.3) is 0 Å². The Labute approximate surface area is 114 Å². The van der Waals surface area contributed by atoms with Gasteiger partial charge >= 0.3 is 0 Å². The normalized spacial score (nSPS) is 17.2. The lowest BCUT2D eigenvalue weighted by molar-refractivity contribution is -0.0849. The van der Waals surface area contributed by atoms with Gasteiger partial charge in [-0.05, 0) is 32.3 Å². The number of nitrogens with one attached hydrogen (secondary N) is 1. The number of aromatic nitrogens is 2. The molecule has 0 radical (unpaired) electrons. The topological polar surface area (TPSA) is 56.3 Å². The molecule has 0 bridgehead atoms. The molecule has 19 heavy (non-hydrogen) atoms. The maximum absolute atomic E-state index is 5.65. The van der Waals surface area contributed by atoms with Gasteiger partial charge in [-0.1, -0.05) is 0 Å². The average molecular weight is 265 g/mol. The lowest BCUT2D eigenvalue weighted by Gasteiger charge is -2.39. The number of hydrogen-bond acceptors (Lipinski definition) is 5. The summed E-state index contributed by atoms with van der Waals surface area (Å²) in [6.07, 6.45) is 3.22. The molecule has 1 aromatic heterocycles. The molecule has 1 aliphatic rings. The Hall–Kier alpha value is -1.04. The van der Waals surface area contributed by atoms with Crippen LogP contribution in [0.15, 0.2) is 6.07 Å². The predicted octanol–water partition coefficient (Wildman–Crippen LogP) is 1.55. The summed E-state index contributed by atoms with van der Waals surface area (Å²) in [5.41, 5.74) is 1.77. The number of methoxy groups -OCH3 is 2. The van der Waals surface area contributed by atoms with Crippen LogP contribution in [0.5, 0.6) is 0 Å². The van der Waals surface area contributed by atoms with Crippen LogP contribution in [0, 0.1) is 6.92 Å². The van der Waals surface area contributed by atoms with Crippen molar-refractivity contribution in [2.45, 2.75) is 38.3 Å². The summed E-state index contributed by atoms with van der Waals surface area (Å²) in [6, 6.07) is 2.02. The van der Waals surface area contributed by atoms with E-state index in [2.05, 4.69) is 15.3 Å². The smallest absolute Gasteiger partial charge is 0.160 e. The third-order valence-corrected chi connectivity index (χ3v) is 3.66. The SMILES string of the molecule is COCCNCc1cc(C)nc(C2(OC)CCC2)n1. The summed E-state index contributed by atoms with van der Waals surface area (Å²) in [5, 5.41) is 3.31. The van der Waals surface area contributed by atoms with E-state index in [1.54, 1.807) is 14.2 Å². The van der Waals surface area contributed by atoms with Crippen LogP contribution in [0.1, 0.15) is 36.5 Å². The lowest BCUT2D eigenvalue weighted by Crippen LogP contribution is -2.38. The van der Waals surface area contributed by atoms with Crippen molar-refractivity contribution in [2.75, 3.05) is 27.4 Å². The van der Waals surface area contributed by atoms with Gasteiger partial charge in [-0.3, -0.25) is 0 Å². The fourth-order valence-electron chi connectivity index (χ4n) is 2.34. The van der Waals surface area contributed by atoms with Gasteiger partial charge in [0.15, 0.2) is 5.82 Å². The second-order valence-electron chi connectivity index (χ2n) is 5.05. The van der Waals surface area contributed by atoms with Crippen molar-refractivity contribution in [1.29, 1.82) is 0 Å². The maximum atomic E-state index is 5.65. The quantitative estimate of drug-likeness (QED) is 0.758. The van der Waals surface area contributed by atoms with Crippen LogP contribution in [0.3, 0.4) is 0 Å². The zero-order valence-electron chi connectivity index (χ0n) is 12.0. The van der Waals surface area contributed by atoms with Crippen molar-refractivity contribution in [3.8, 4) is 0 Å². The molecule has 1 heterocycles. The summed E-state index contributed by atoms with van der Waals surface area (Å²) in [5.74, 6) is 0.838. The molecule has 0 spiro atoms. The van der Waals surface area contributed by atoms with Crippen LogP contribution in [0.4, 0.5) is 0 Å². The first kappa shape index (κ1) is 14.4. The molecule has 1 aromatic rings. The van der Waals surface area contributed by atoms with Gasteiger partial charge in [-0.15, -0.1) is 0 Å². The summed E-state index contributed by atoms with van der Waals surface area (Å²) < 4.78 is 10.7. The van der Waals surface area contributed by atoms with E-state index in [1.165, 1.54) is 6.42 Å². The Morgan fingerprint density at radius 1 is 1.32 bits per heavy atom. The minimum Gasteiger partial charge on any atom is -0.383 e. The van der Waals surface area contributed by atoms with E-state index < -0.39 is 0 Å². The summed E-state index contributed by atoms with van der Waals surface area (Å²) in [4.78, 5) is 9.21. The molecule has 1 fully saturated rings. The van der Waals surface area contributed by atoms with Crippen molar-refractivity contribution < 1.29 is 9.47 Å². The van der Waals surface area contributed by atoms with Crippen LogP contribution < -0.4 is 5.32 Å². The fraction of sp³-hybridized carbons (Fsp3) is 0.714. The van der Waals surface area contributed by atoms with Gasteiger partial charge in [0.1, 0.15) is 5.60 Å². The number of rotatable bonds is 7. The highest BCUT2D eigenvalue weighted by atomic mass is 16.5. The van der Waals surface area contributed by atoms with Crippen LogP contribution in [-0.2, 0) is 21.6 Å². The third kappa shape index (κ3) is 3.29. The lowest BCUT2D eigenvalue weighted by atomic mass is 9.79. The van der Waals surface area contributed by atoms with E-state index in [1.807, 2.05) is 13.0 Å². The number of aryl methyl sites for hydroxylation is 1. The molecule has 0 amide bonds. The van der Waals surface area contributed by atoms with E-state index >= 15 is 0 Å². The second kappa shape index (κ2) is 6.41. The monoisotopic (exact) mass is 265 g/mol. The summed E-state index contributed by atoms with van der Waals surface area (Å²) in [6.45, 7) is 4.27. The molecule has 1 N–H and O–H groups in total. The first-order valence-electron chi connectivity index (χ1n) is 6.80. The molecule has 0 aliphatic heterocycles. The van der Waals surface area contributed by atoms with Crippen molar-refractivity contribution >= 4 is 0 Å². The van der Waals surface area contributed by atoms with Gasteiger partial charge in [-0.25, -0.2) is 9.97 Å². The van der Waals surface area contributed by atoms with Gasteiger partial charge in [-0.2, -0.15) is 0 Å².